The van der Waals surface area contributed by atoms with Gasteiger partial charge in [-0.25, -0.2) is 8.78 Å². The monoisotopic (exact) mass is 347 g/mol. The van der Waals surface area contributed by atoms with Crippen LogP contribution in [0.3, 0.4) is 0 Å². The van der Waals surface area contributed by atoms with Crippen LogP contribution in [-0.4, -0.2) is 38.8 Å². The molecule has 2 atom stereocenters. The van der Waals surface area contributed by atoms with E-state index in [0.29, 0.717) is 23.4 Å². The van der Waals surface area contributed by atoms with E-state index in [1.54, 1.807) is 13.0 Å². The molecule has 1 aliphatic rings. The Labute approximate surface area is 144 Å². The number of aryl methyl sites for hydroxylation is 2. The summed E-state index contributed by atoms with van der Waals surface area (Å²) < 4.78 is 27.8. The molecule has 0 saturated carbocycles. The molecule has 132 valence electrons. The molecule has 0 bridgehead atoms. The van der Waals surface area contributed by atoms with Gasteiger partial charge in [0.2, 0.25) is 0 Å². The minimum Gasteiger partial charge on any atom is -0.391 e. The van der Waals surface area contributed by atoms with Gasteiger partial charge in [0, 0.05) is 12.1 Å². The molecule has 0 aliphatic carbocycles. The SMILES string of the molecule is CCc1nnc(C)cc1C(=O)N1CC(O)CC1c1cc(F)ccc1F. The molecule has 1 aromatic heterocycles. The van der Waals surface area contributed by atoms with Gasteiger partial charge < -0.3 is 10.0 Å². The van der Waals surface area contributed by atoms with Crippen LogP contribution in [0, 0.1) is 18.6 Å². The van der Waals surface area contributed by atoms with Crippen LogP contribution >= 0.6 is 0 Å². The molecule has 7 heteroatoms. The molecule has 1 amide bonds. The van der Waals surface area contributed by atoms with Crippen molar-refractivity contribution in [3.05, 3.63) is 58.4 Å². The van der Waals surface area contributed by atoms with Gasteiger partial charge in [-0.15, -0.1) is 0 Å². The molecular weight excluding hydrogens is 328 g/mol. The summed E-state index contributed by atoms with van der Waals surface area (Å²) in [5.41, 5.74) is 1.58. The lowest BCUT2D eigenvalue weighted by atomic mass is 10.0. The third-order valence-electron chi connectivity index (χ3n) is 4.41. The van der Waals surface area contributed by atoms with Gasteiger partial charge >= 0.3 is 0 Å². The van der Waals surface area contributed by atoms with Gasteiger partial charge in [0.25, 0.3) is 5.91 Å². The van der Waals surface area contributed by atoms with E-state index in [2.05, 4.69) is 10.2 Å². The van der Waals surface area contributed by atoms with E-state index in [4.69, 9.17) is 0 Å². The largest absolute Gasteiger partial charge is 0.391 e. The number of aromatic nitrogens is 2. The predicted molar refractivity (Wildman–Crippen MR) is 86.9 cm³/mol. The van der Waals surface area contributed by atoms with Crippen molar-refractivity contribution in [3.63, 3.8) is 0 Å². The van der Waals surface area contributed by atoms with Crippen molar-refractivity contribution in [1.82, 2.24) is 15.1 Å². The van der Waals surface area contributed by atoms with Gasteiger partial charge in [0.15, 0.2) is 0 Å². The predicted octanol–water partition coefficient (Wildman–Crippen LogP) is 2.57. The Morgan fingerprint density at radius 1 is 1.32 bits per heavy atom. The summed E-state index contributed by atoms with van der Waals surface area (Å²) in [5, 5.41) is 18.0. The summed E-state index contributed by atoms with van der Waals surface area (Å²) in [4.78, 5) is 14.4. The number of rotatable bonds is 3. The number of halogens is 2. The Bertz CT molecular complexity index is 813. The maximum absolute atomic E-state index is 14.2. The average Bonchev–Trinajstić information content (AvgIpc) is 2.98. The van der Waals surface area contributed by atoms with Crippen LogP contribution in [0.25, 0.3) is 0 Å². The highest BCUT2D eigenvalue weighted by Crippen LogP contribution is 2.35. The van der Waals surface area contributed by atoms with Crippen molar-refractivity contribution in [2.24, 2.45) is 0 Å². The topological polar surface area (TPSA) is 66.3 Å². The van der Waals surface area contributed by atoms with Gasteiger partial charge in [-0.1, -0.05) is 6.92 Å². The van der Waals surface area contributed by atoms with Crippen molar-refractivity contribution < 1.29 is 18.7 Å². The quantitative estimate of drug-likeness (QED) is 0.927. The number of amides is 1. The van der Waals surface area contributed by atoms with E-state index in [1.165, 1.54) is 4.90 Å². The first-order chi connectivity index (χ1) is 11.9. The first kappa shape index (κ1) is 17.4. The molecule has 1 aliphatic heterocycles. The second-order valence-corrected chi connectivity index (χ2v) is 6.23. The number of benzene rings is 1. The van der Waals surface area contributed by atoms with E-state index >= 15 is 0 Å². The van der Waals surface area contributed by atoms with Crippen LogP contribution in [0.15, 0.2) is 24.3 Å². The van der Waals surface area contributed by atoms with E-state index in [1.807, 2.05) is 6.92 Å². The Kier molecular flexibility index (Phi) is 4.76. The van der Waals surface area contributed by atoms with E-state index < -0.39 is 23.8 Å². The van der Waals surface area contributed by atoms with Crippen molar-refractivity contribution in [3.8, 4) is 0 Å². The van der Waals surface area contributed by atoms with E-state index in [0.717, 1.165) is 18.2 Å². The Balaban J connectivity index is 2.01. The maximum Gasteiger partial charge on any atom is 0.256 e. The third kappa shape index (κ3) is 3.37. The summed E-state index contributed by atoms with van der Waals surface area (Å²) in [6.07, 6.45) is -0.118. The van der Waals surface area contributed by atoms with E-state index in [-0.39, 0.29) is 24.4 Å². The minimum atomic E-state index is -0.794. The lowest BCUT2D eigenvalue weighted by Gasteiger charge is -2.26. The number of hydrogen-bond acceptors (Lipinski definition) is 4. The van der Waals surface area contributed by atoms with Crippen LogP contribution in [0.5, 0.6) is 0 Å². The number of nitrogens with zero attached hydrogens (tertiary/aromatic N) is 3. The average molecular weight is 347 g/mol. The molecule has 25 heavy (non-hydrogen) atoms. The number of aliphatic hydroxyl groups excluding tert-OH is 1. The highest BCUT2D eigenvalue weighted by Gasteiger charge is 2.38. The van der Waals surface area contributed by atoms with Crippen LogP contribution < -0.4 is 0 Å². The molecule has 2 aromatic rings. The molecule has 1 aromatic carbocycles. The molecule has 1 N–H and O–H groups in total. The zero-order valence-electron chi connectivity index (χ0n) is 14.0. The normalized spacial score (nSPS) is 20.1. The molecule has 2 heterocycles. The van der Waals surface area contributed by atoms with Gasteiger partial charge in [0.1, 0.15) is 11.6 Å². The Morgan fingerprint density at radius 3 is 2.80 bits per heavy atom. The molecule has 2 unspecified atom stereocenters. The number of hydrogen-bond donors (Lipinski definition) is 1. The van der Waals surface area contributed by atoms with Crippen molar-refractivity contribution in [2.75, 3.05) is 6.54 Å². The zero-order chi connectivity index (χ0) is 18.1. The molecule has 3 rings (SSSR count). The van der Waals surface area contributed by atoms with Gasteiger partial charge in [-0.3, -0.25) is 4.79 Å². The number of aliphatic hydroxyl groups is 1. The molecule has 1 saturated heterocycles. The van der Waals surface area contributed by atoms with Crippen molar-refractivity contribution in [1.29, 1.82) is 0 Å². The highest BCUT2D eigenvalue weighted by atomic mass is 19.1. The standard InChI is InChI=1S/C18H19F2N3O2/c1-3-16-14(6-10(2)21-22-16)18(25)23-9-12(24)8-17(23)13-7-11(19)4-5-15(13)20/h4-7,12,17,24H,3,8-9H2,1-2H3. The van der Waals surface area contributed by atoms with Gasteiger partial charge in [-0.05, 0) is 44.0 Å². The van der Waals surface area contributed by atoms with Crippen molar-refractivity contribution >= 4 is 5.91 Å². The van der Waals surface area contributed by atoms with Crippen LogP contribution in [-0.2, 0) is 6.42 Å². The molecular formula is C18H19F2N3O2. The van der Waals surface area contributed by atoms with Gasteiger partial charge in [-0.2, -0.15) is 10.2 Å². The maximum atomic E-state index is 14.2. The van der Waals surface area contributed by atoms with Gasteiger partial charge in [0.05, 0.1) is 29.1 Å². The molecule has 5 nitrogen and oxygen atoms in total. The first-order valence-corrected chi connectivity index (χ1v) is 8.17. The number of likely N-dealkylation sites (tertiary alicyclic amines) is 1. The Morgan fingerprint density at radius 2 is 2.08 bits per heavy atom. The summed E-state index contributed by atoms with van der Waals surface area (Å²) in [7, 11) is 0. The molecule has 0 radical (unpaired) electrons. The summed E-state index contributed by atoms with van der Waals surface area (Å²) in [6.45, 7) is 3.65. The Hall–Kier alpha value is -2.41. The van der Waals surface area contributed by atoms with Crippen LogP contribution in [0.2, 0.25) is 0 Å². The fraction of sp³-hybridized carbons (Fsp3) is 0.389. The first-order valence-electron chi connectivity index (χ1n) is 8.17. The summed E-state index contributed by atoms with van der Waals surface area (Å²) in [6, 6.07) is 4.05. The second-order valence-electron chi connectivity index (χ2n) is 6.23. The number of β-amino-alcohol motifs (C(OH)–C–C–N with tert-alkyl or cyclic N) is 1. The van der Waals surface area contributed by atoms with E-state index in [9.17, 15) is 18.7 Å². The highest BCUT2D eigenvalue weighted by molar-refractivity contribution is 5.95. The lowest BCUT2D eigenvalue weighted by Crippen LogP contribution is -2.33. The summed E-state index contributed by atoms with van der Waals surface area (Å²) in [5.74, 6) is -1.54. The van der Waals surface area contributed by atoms with Crippen LogP contribution in [0.1, 0.15) is 46.7 Å². The lowest BCUT2D eigenvalue weighted by molar-refractivity contribution is 0.0711. The molecule has 0 spiro atoms. The molecule has 1 fully saturated rings. The summed E-state index contributed by atoms with van der Waals surface area (Å²) >= 11 is 0. The van der Waals surface area contributed by atoms with Crippen molar-refractivity contribution in [2.45, 2.75) is 38.8 Å². The minimum absolute atomic E-state index is 0.0595. The zero-order valence-corrected chi connectivity index (χ0v) is 14.0. The number of carbonyl (C=O) groups excluding carboxylic acids is 1. The fourth-order valence-corrected chi connectivity index (χ4v) is 3.22. The third-order valence-corrected chi connectivity index (χ3v) is 4.41. The fourth-order valence-electron chi connectivity index (χ4n) is 3.22. The number of carbonyl (C=O) groups is 1. The van der Waals surface area contributed by atoms with Crippen LogP contribution in [0.4, 0.5) is 8.78 Å². The smallest absolute Gasteiger partial charge is 0.256 e. The second kappa shape index (κ2) is 6.84.